The fraction of sp³-hybridized carbons (Fsp3) is 0.632. The average Bonchev–Trinajstić information content (AvgIpc) is 3.09. The monoisotopic (exact) mass is 421 g/mol. The standard InChI is InChI=1S/C19H24F5N3O2/c20-18(21)29-16-4-2-1-3-15(16)27-10-7-14(11-27)25-17(28)13-5-8-26(9-6-13)12-19(22,23)24/h1-4,13-14,18H,5-12H2,(H,25,28). The summed E-state index contributed by atoms with van der Waals surface area (Å²) in [4.78, 5) is 15.7. The van der Waals surface area contributed by atoms with Crippen LogP contribution in [0.5, 0.6) is 5.75 Å². The Morgan fingerprint density at radius 3 is 2.48 bits per heavy atom. The average molecular weight is 421 g/mol. The number of carbonyl (C=O) groups excluding carboxylic acids is 1. The maximum Gasteiger partial charge on any atom is 0.401 e. The summed E-state index contributed by atoms with van der Waals surface area (Å²) in [6.07, 6.45) is -2.79. The highest BCUT2D eigenvalue weighted by atomic mass is 19.4. The Labute approximate surface area is 165 Å². The number of halogens is 5. The Morgan fingerprint density at radius 2 is 1.83 bits per heavy atom. The van der Waals surface area contributed by atoms with Crippen molar-refractivity contribution in [3.63, 3.8) is 0 Å². The van der Waals surface area contributed by atoms with Crippen LogP contribution < -0.4 is 15.0 Å². The van der Waals surface area contributed by atoms with Crippen LogP contribution in [0.1, 0.15) is 19.3 Å². The third-order valence-corrected chi connectivity index (χ3v) is 5.32. The molecule has 3 rings (SSSR count). The first kappa shape index (κ1) is 21.6. The van der Waals surface area contributed by atoms with Crippen molar-refractivity contribution in [3.8, 4) is 5.75 Å². The molecule has 2 heterocycles. The smallest absolute Gasteiger partial charge is 0.401 e. The lowest BCUT2D eigenvalue weighted by molar-refractivity contribution is -0.149. The largest absolute Gasteiger partial charge is 0.433 e. The molecule has 10 heteroatoms. The molecule has 1 N–H and O–H groups in total. The normalized spacial score (nSPS) is 21.6. The van der Waals surface area contributed by atoms with E-state index in [4.69, 9.17) is 0 Å². The highest BCUT2D eigenvalue weighted by molar-refractivity contribution is 5.79. The van der Waals surface area contributed by atoms with Gasteiger partial charge in [0.25, 0.3) is 0 Å². The maximum atomic E-state index is 12.6. The highest BCUT2D eigenvalue weighted by Gasteiger charge is 2.35. The number of likely N-dealkylation sites (tertiary alicyclic amines) is 1. The summed E-state index contributed by atoms with van der Waals surface area (Å²) >= 11 is 0. The fourth-order valence-corrected chi connectivity index (χ4v) is 3.94. The molecule has 1 amide bonds. The van der Waals surface area contributed by atoms with Gasteiger partial charge in [-0.3, -0.25) is 9.69 Å². The summed E-state index contributed by atoms with van der Waals surface area (Å²) in [6, 6.07) is 6.37. The lowest BCUT2D eigenvalue weighted by Gasteiger charge is -2.32. The van der Waals surface area contributed by atoms with Crippen molar-refractivity contribution in [1.29, 1.82) is 0 Å². The number of para-hydroxylation sites is 2. The van der Waals surface area contributed by atoms with Gasteiger partial charge in [-0.05, 0) is 44.5 Å². The van der Waals surface area contributed by atoms with E-state index in [9.17, 15) is 26.7 Å². The van der Waals surface area contributed by atoms with Gasteiger partial charge in [0, 0.05) is 25.0 Å². The van der Waals surface area contributed by atoms with Crippen molar-refractivity contribution >= 4 is 11.6 Å². The molecule has 2 aliphatic heterocycles. The van der Waals surface area contributed by atoms with Crippen molar-refractivity contribution in [2.75, 3.05) is 37.6 Å². The number of amides is 1. The van der Waals surface area contributed by atoms with Crippen LogP contribution >= 0.6 is 0 Å². The fourth-order valence-electron chi connectivity index (χ4n) is 3.94. The van der Waals surface area contributed by atoms with E-state index in [1.807, 2.05) is 4.90 Å². The topological polar surface area (TPSA) is 44.8 Å². The Kier molecular flexibility index (Phi) is 6.81. The van der Waals surface area contributed by atoms with Crippen LogP contribution in [0.4, 0.5) is 27.6 Å². The number of piperidine rings is 1. The molecule has 2 saturated heterocycles. The van der Waals surface area contributed by atoms with Crippen LogP contribution in [-0.4, -0.2) is 62.4 Å². The van der Waals surface area contributed by atoms with Gasteiger partial charge >= 0.3 is 12.8 Å². The van der Waals surface area contributed by atoms with Crippen LogP contribution in [0.2, 0.25) is 0 Å². The Hall–Kier alpha value is -2.10. The molecule has 1 atom stereocenters. The lowest BCUT2D eigenvalue weighted by Crippen LogP contribution is -2.46. The Bertz CT molecular complexity index is 693. The number of hydrogen-bond acceptors (Lipinski definition) is 4. The zero-order valence-corrected chi connectivity index (χ0v) is 15.8. The molecule has 5 nitrogen and oxygen atoms in total. The number of alkyl halides is 5. The van der Waals surface area contributed by atoms with E-state index >= 15 is 0 Å². The van der Waals surface area contributed by atoms with Crippen LogP contribution in [-0.2, 0) is 4.79 Å². The van der Waals surface area contributed by atoms with Crippen molar-refractivity contribution in [3.05, 3.63) is 24.3 Å². The zero-order chi connectivity index (χ0) is 21.0. The predicted octanol–water partition coefficient (Wildman–Crippen LogP) is 3.26. The molecule has 1 aromatic carbocycles. The van der Waals surface area contributed by atoms with Crippen LogP contribution in [0.3, 0.4) is 0 Å². The molecule has 2 fully saturated rings. The first-order chi connectivity index (χ1) is 13.7. The maximum absolute atomic E-state index is 12.6. The second-order valence-electron chi connectivity index (χ2n) is 7.45. The molecule has 162 valence electrons. The van der Waals surface area contributed by atoms with Gasteiger partial charge in [-0.1, -0.05) is 12.1 Å². The van der Waals surface area contributed by atoms with Crippen molar-refractivity contribution < 1.29 is 31.5 Å². The van der Waals surface area contributed by atoms with E-state index < -0.39 is 19.3 Å². The van der Waals surface area contributed by atoms with E-state index in [1.165, 1.54) is 11.0 Å². The number of nitrogens with zero attached hydrogens (tertiary/aromatic N) is 2. The van der Waals surface area contributed by atoms with Gasteiger partial charge in [0.05, 0.1) is 12.2 Å². The van der Waals surface area contributed by atoms with Gasteiger partial charge in [0.15, 0.2) is 0 Å². The van der Waals surface area contributed by atoms with Crippen LogP contribution in [0.25, 0.3) is 0 Å². The van der Waals surface area contributed by atoms with Gasteiger partial charge in [0.2, 0.25) is 5.91 Å². The summed E-state index contributed by atoms with van der Waals surface area (Å²) in [5.74, 6) is -0.366. The van der Waals surface area contributed by atoms with E-state index in [1.54, 1.807) is 18.2 Å². The van der Waals surface area contributed by atoms with Crippen LogP contribution in [0.15, 0.2) is 24.3 Å². The quantitative estimate of drug-likeness (QED) is 0.717. The molecule has 0 saturated carbocycles. The molecule has 0 bridgehead atoms. The van der Waals surface area contributed by atoms with Gasteiger partial charge in [-0.15, -0.1) is 0 Å². The first-order valence-electron chi connectivity index (χ1n) is 9.59. The van der Waals surface area contributed by atoms with Crippen molar-refractivity contribution in [2.24, 2.45) is 5.92 Å². The third-order valence-electron chi connectivity index (χ3n) is 5.32. The summed E-state index contributed by atoms with van der Waals surface area (Å²) in [7, 11) is 0. The molecule has 29 heavy (non-hydrogen) atoms. The summed E-state index contributed by atoms with van der Waals surface area (Å²) in [5, 5.41) is 2.96. The minimum absolute atomic E-state index is 0.0894. The Balaban J connectivity index is 1.49. The zero-order valence-electron chi connectivity index (χ0n) is 15.8. The van der Waals surface area contributed by atoms with Crippen LogP contribution in [0, 0.1) is 5.92 Å². The number of benzene rings is 1. The van der Waals surface area contributed by atoms with E-state index in [2.05, 4.69) is 10.1 Å². The summed E-state index contributed by atoms with van der Waals surface area (Å²) < 4.78 is 67.2. The second-order valence-corrected chi connectivity index (χ2v) is 7.45. The highest BCUT2D eigenvalue weighted by Crippen LogP contribution is 2.32. The minimum atomic E-state index is -4.23. The van der Waals surface area contributed by atoms with Gasteiger partial charge in [-0.25, -0.2) is 0 Å². The molecule has 1 aromatic rings. The molecule has 0 aliphatic carbocycles. The van der Waals surface area contributed by atoms with Gasteiger partial charge < -0.3 is 15.0 Å². The molecule has 2 aliphatic rings. The van der Waals surface area contributed by atoms with E-state index in [0.29, 0.717) is 38.0 Å². The van der Waals surface area contributed by atoms with Gasteiger partial charge in [0.1, 0.15) is 5.75 Å². The van der Waals surface area contributed by atoms with Crippen molar-refractivity contribution in [2.45, 2.75) is 38.1 Å². The Morgan fingerprint density at radius 1 is 1.14 bits per heavy atom. The number of rotatable bonds is 6. The number of nitrogens with one attached hydrogen (secondary N) is 1. The lowest BCUT2D eigenvalue weighted by atomic mass is 9.95. The van der Waals surface area contributed by atoms with E-state index in [0.717, 1.165) is 0 Å². The number of hydrogen-bond donors (Lipinski definition) is 1. The second kappa shape index (κ2) is 9.15. The molecule has 0 radical (unpaired) electrons. The first-order valence-corrected chi connectivity index (χ1v) is 9.59. The van der Waals surface area contributed by atoms with Gasteiger partial charge in [-0.2, -0.15) is 22.0 Å². The molecule has 0 spiro atoms. The third kappa shape index (κ3) is 6.19. The molecule has 0 aromatic heterocycles. The molecular weight excluding hydrogens is 397 g/mol. The number of ether oxygens (including phenoxy) is 1. The van der Waals surface area contributed by atoms with E-state index in [-0.39, 0.29) is 36.7 Å². The summed E-state index contributed by atoms with van der Waals surface area (Å²) in [6.45, 7) is -2.34. The molecule has 1 unspecified atom stereocenters. The predicted molar refractivity (Wildman–Crippen MR) is 97.1 cm³/mol. The SMILES string of the molecule is O=C(NC1CCN(c2ccccc2OC(F)F)C1)C1CCN(CC(F)(F)F)CC1. The molecular formula is C19H24F5N3O2. The number of anilines is 1. The summed E-state index contributed by atoms with van der Waals surface area (Å²) in [5.41, 5.74) is 0.546. The number of carbonyl (C=O) groups is 1. The van der Waals surface area contributed by atoms with Crippen molar-refractivity contribution in [1.82, 2.24) is 10.2 Å². The minimum Gasteiger partial charge on any atom is -0.433 e.